The number of furan rings is 1. The third-order valence-corrected chi connectivity index (χ3v) is 6.80. The van der Waals surface area contributed by atoms with E-state index in [-0.39, 0.29) is 12.5 Å². The minimum atomic E-state index is -4.41. The van der Waals surface area contributed by atoms with Crippen molar-refractivity contribution in [3.8, 4) is 11.5 Å². The second-order valence-corrected chi connectivity index (χ2v) is 9.31. The number of oxazole rings is 1. The fraction of sp³-hybridized carbons (Fsp3) is 0.222. The Morgan fingerprint density at radius 3 is 2.58 bits per heavy atom. The average molecular weight is 542 g/mol. The molecule has 0 saturated heterocycles. The molecule has 7 nitrogen and oxygen atoms in total. The van der Waals surface area contributed by atoms with Crippen LogP contribution < -0.4 is 0 Å². The number of fused-ring (bicyclic) bond motifs is 1. The number of ether oxygens (including phenoxy) is 1. The highest BCUT2D eigenvalue weighted by Gasteiger charge is 2.30. The van der Waals surface area contributed by atoms with Gasteiger partial charge in [0.2, 0.25) is 5.89 Å². The number of hydrogen-bond donors (Lipinski definition) is 0. The molecule has 0 radical (unpaired) electrons. The smallest absolute Gasteiger partial charge is 0.416 e. The number of aromatic nitrogens is 3. The second-order valence-electron chi connectivity index (χ2n) is 8.37. The fourth-order valence-electron chi connectivity index (χ4n) is 3.89. The molecule has 0 spiro atoms. The van der Waals surface area contributed by atoms with E-state index in [4.69, 9.17) is 18.6 Å². The molecule has 5 aromatic rings. The van der Waals surface area contributed by atoms with Crippen molar-refractivity contribution in [1.82, 2.24) is 14.5 Å². The Morgan fingerprint density at radius 1 is 1.11 bits per heavy atom. The van der Waals surface area contributed by atoms with Gasteiger partial charge in [-0.2, -0.15) is 13.2 Å². The predicted molar refractivity (Wildman–Crippen MR) is 135 cm³/mol. The van der Waals surface area contributed by atoms with Gasteiger partial charge in [-0.15, -0.1) is 0 Å². The van der Waals surface area contributed by atoms with Crippen molar-refractivity contribution in [2.75, 3.05) is 6.61 Å². The summed E-state index contributed by atoms with van der Waals surface area (Å²) in [7, 11) is 0. The molecule has 0 saturated carbocycles. The van der Waals surface area contributed by atoms with Crippen molar-refractivity contribution in [1.29, 1.82) is 0 Å². The Kier molecular flexibility index (Phi) is 7.02. The third kappa shape index (κ3) is 5.33. The van der Waals surface area contributed by atoms with Crippen molar-refractivity contribution in [3.63, 3.8) is 0 Å². The monoisotopic (exact) mass is 541 g/mol. The first-order valence-corrected chi connectivity index (χ1v) is 12.7. The van der Waals surface area contributed by atoms with Gasteiger partial charge in [0.25, 0.3) is 0 Å². The van der Waals surface area contributed by atoms with E-state index >= 15 is 0 Å². The van der Waals surface area contributed by atoms with Crippen molar-refractivity contribution < 1.29 is 31.5 Å². The number of rotatable bonds is 8. The summed E-state index contributed by atoms with van der Waals surface area (Å²) < 4.78 is 57.1. The zero-order chi connectivity index (χ0) is 26.9. The van der Waals surface area contributed by atoms with Crippen LogP contribution in [0.3, 0.4) is 0 Å². The second kappa shape index (κ2) is 10.4. The van der Waals surface area contributed by atoms with Crippen LogP contribution in [-0.2, 0) is 23.2 Å². The molecule has 0 unspecified atom stereocenters. The van der Waals surface area contributed by atoms with E-state index < -0.39 is 17.7 Å². The summed E-state index contributed by atoms with van der Waals surface area (Å²) in [5.74, 6) is 1.53. The first-order valence-electron chi connectivity index (χ1n) is 11.7. The standard InChI is InChI=1S/C27H22F3N3O4S/c1-3-35-25(34)18-8-11-23-21(13-18)32-26(33(23)14-20-5-4-12-36-20)38-15-22-16(2)37-24(31-22)17-6-9-19(10-7-17)27(28,29)30/h4-13H,3,14-15H2,1-2H3. The van der Waals surface area contributed by atoms with Gasteiger partial charge in [0.15, 0.2) is 5.16 Å². The molecule has 0 N–H and O–H groups in total. The number of halogens is 3. The number of aryl methyl sites for hydroxylation is 1. The lowest BCUT2D eigenvalue weighted by Crippen LogP contribution is -2.04. The Hall–Kier alpha value is -3.99. The molecule has 11 heteroatoms. The molecule has 3 aromatic heterocycles. The Morgan fingerprint density at radius 2 is 1.89 bits per heavy atom. The first kappa shape index (κ1) is 25.7. The Balaban J connectivity index is 1.42. The van der Waals surface area contributed by atoms with Crippen LogP contribution >= 0.6 is 11.8 Å². The van der Waals surface area contributed by atoms with Crippen LogP contribution in [0.5, 0.6) is 0 Å². The van der Waals surface area contributed by atoms with Gasteiger partial charge in [0, 0.05) is 11.3 Å². The molecule has 0 aliphatic heterocycles. The maximum atomic E-state index is 12.9. The number of carbonyl (C=O) groups is 1. The topological polar surface area (TPSA) is 83.3 Å². The summed E-state index contributed by atoms with van der Waals surface area (Å²) in [4.78, 5) is 21.5. The van der Waals surface area contributed by atoms with Gasteiger partial charge in [0.1, 0.15) is 11.5 Å². The van der Waals surface area contributed by atoms with Crippen LogP contribution in [0.2, 0.25) is 0 Å². The molecule has 5 rings (SSSR count). The molecule has 0 aliphatic rings. The number of imidazole rings is 1. The molecule has 0 amide bonds. The maximum Gasteiger partial charge on any atom is 0.416 e. The third-order valence-electron chi connectivity index (χ3n) is 5.81. The van der Waals surface area contributed by atoms with Crippen LogP contribution in [0.15, 0.2) is 74.9 Å². The highest BCUT2D eigenvalue weighted by molar-refractivity contribution is 7.98. The molecular formula is C27H22F3N3O4S. The lowest BCUT2D eigenvalue weighted by molar-refractivity contribution is -0.137. The fourth-order valence-corrected chi connectivity index (χ4v) is 4.91. The molecule has 3 heterocycles. The van der Waals surface area contributed by atoms with E-state index in [0.29, 0.717) is 45.6 Å². The van der Waals surface area contributed by atoms with E-state index in [2.05, 4.69) is 4.98 Å². The van der Waals surface area contributed by atoms with Crippen LogP contribution in [0, 0.1) is 6.92 Å². The number of benzene rings is 2. The van der Waals surface area contributed by atoms with E-state index in [9.17, 15) is 18.0 Å². The van der Waals surface area contributed by atoms with E-state index in [1.54, 1.807) is 32.2 Å². The number of hydrogen-bond acceptors (Lipinski definition) is 7. The van der Waals surface area contributed by atoms with Crippen molar-refractivity contribution in [2.24, 2.45) is 0 Å². The molecular weight excluding hydrogens is 519 g/mol. The highest BCUT2D eigenvalue weighted by Crippen LogP contribution is 2.33. The minimum absolute atomic E-state index is 0.245. The van der Waals surface area contributed by atoms with Gasteiger partial charge in [-0.05, 0) is 68.4 Å². The zero-order valence-electron chi connectivity index (χ0n) is 20.4. The molecule has 0 atom stereocenters. The van der Waals surface area contributed by atoms with Crippen LogP contribution in [0.25, 0.3) is 22.5 Å². The number of esters is 1. The molecule has 38 heavy (non-hydrogen) atoms. The van der Waals surface area contributed by atoms with Gasteiger partial charge in [-0.1, -0.05) is 11.8 Å². The summed E-state index contributed by atoms with van der Waals surface area (Å²) in [6, 6.07) is 13.6. The van der Waals surface area contributed by atoms with E-state index in [1.165, 1.54) is 23.9 Å². The summed E-state index contributed by atoms with van der Waals surface area (Å²) in [5.41, 5.74) is 2.22. The lowest BCUT2D eigenvalue weighted by atomic mass is 10.1. The molecule has 2 aromatic carbocycles. The SMILES string of the molecule is CCOC(=O)c1ccc2c(c1)nc(SCc1nc(-c3ccc(C(F)(F)F)cc3)oc1C)n2Cc1ccco1. The van der Waals surface area contributed by atoms with Crippen LogP contribution in [-0.4, -0.2) is 27.1 Å². The Labute approximate surface area is 219 Å². The van der Waals surface area contributed by atoms with Gasteiger partial charge in [-0.25, -0.2) is 14.8 Å². The van der Waals surface area contributed by atoms with Gasteiger partial charge in [-0.3, -0.25) is 0 Å². The van der Waals surface area contributed by atoms with Crippen LogP contribution in [0.1, 0.15) is 40.1 Å². The molecule has 0 fully saturated rings. The first-order chi connectivity index (χ1) is 18.2. The lowest BCUT2D eigenvalue weighted by Gasteiger charge is -2.07. The van der Waals surface area contributed by atoms with Crippen molar-refractivity contribution in [2.45, 2.75) is 37.5 Å². The summed E-state index contributed by atoms with van der Waals surface area (Å²) >= 11 is 1.42. The van der Waals surface area contributed by atoms with Gasteiger partial charge in [0.05, 0.1) is 47.3 Å². The van der Waals surface area contributed by atoms with E-state index in [1.807, 2.05) is 22.8 Å². The average Bonchev–Trinajstić information content (AvgIpc) is 3.62. The molecule has 196 valence electrons. The van der Waals surface area contributed by atoms with Crippen LogP contribution in [0.4, 0.5) is 13.2 Å². The van der Waals surface area contributed by atoms with Gasteiger partial charge >= 0.3 is 12.1 Å². The highest BCUT2D eigenvalue weighted by atomic mass is 32.2. The molecule has 0 aliphatic carbocycles. The summed E-state index contributed by atoms with van der Waals surface area (Å²) in [5, 5.41) is 0.677. The number of carbonyl (C=O) groups excluding carboxylic acids is 1. The van der Waals surface area contributed by atoms with Crippen molar-refractivity contribution >= 4 is 28.8 Å². The van der Waals surface area contributed by atoms with Gasteiger partial charge < -0.3 is 18.1 Å². The largest absolute Gasteiger partial charge is 0.467 e. The molecule has 0 bridgehead atoms. The summed E-state index contributed by atoms with van der Waals surface area (Å²) in [6.45, 7) is 4.21. The number of thioether (sulfide) groups is 1. The minimum Gasteiger partial charge on any atom is -0.467 e. The number of alkyl halides is 3. The number of nitrogens with zero attached hydrogens (tertiary/aromatic N) is 3. The maximum absolute atomic E-state index is 12.9. The Bertz CT molecular complexity index is 1570. The van der Waals surface area contributed by atoms with Crippen molar-refractivity contribution in [3.05, 3.63) is 89.2 Å². The quantitative estimate of drug-likeness (QED) is 0.153. The zero-order valence-corrected chi connectivity index (χ0v) is 21.2. The summed E-state index contributed by atoms with van der Waals surface area (Å²) in [6.07, 6.45) is -2.81. The normalized spacial score (nSPS) is 11.8. The predicted octanol–water partition coefficient (Wildman–Crippen LogP) is 7.13. The van der Waals surface area contributed by atoms with E-state index in [0.717, 1.165) is 23.4 Å².